The van der Waals surface area contributed by atoms with Gasteiger partial charge in [0.15, 0.2) is 0 Å². The summed E-state index contributed by atoms with van der Waals surface area (Å²) in [4.78, 5) is 38.0. The number of anilines is 1. The molecule has 3 aliphatic rings. The third-order valence-electron chi connectivity index (χ3n) is 7.98. The number of nitrogens with one attached hydrogen (secondary N) is 2. The molecule has 0 radical (unpaired) electrons. The van der Waals surface area contributed by atoms with Gasteiger partial charge in [-0.2, -0.15) is 0 Å². The molecular formula is C30H31BrFN5O4. The van der Waals surface area contributed by atoms with Crippen LogP contribution in [0.5, 0.6) is 5.75 Å². The molecule has 41 heavy (non-hydrogen) atoms. The first-order valence-electron chi connectivity index (χ1n) is 13.7. The number of fused-ring (bicyclic) bond motifs is 2. The number of aromatic nitrogens is 1. The molecule has 2 aromatic carbocycles. The lowest BCUT2D eigenvalue weighted by Crippen LogP contribution is -2.43. The molecule has 3 aliphatic heterocycles. The maximum Gasteiger partial charge on any atom is 0.259 e. The molecule has 1 atom stereocenters. The van der Waals surface area contributed by atoms with Crippen LogP contribution < -0.4 is 15.6 Å². The Labute approximate surface area is 245 Å². The third-order valence-corrected chi connectivity index (χ3v) is 8.64. The quantitative estimate of drug-likeness (QED) is 0.352. The van der Waals surface area contributed by atoms with Gasteiger partial charge in [-0.25, -0.2) is 4.39 Å². The summed E-state index contributed by atoms with van der Waals surface area (Å²) in [5.41, 5.74) is 4.63. The van der Waals surface area contributed by atoms with Crippen molar-refractivity contribution in [2.24, 2.45) is 4.99 Å². The molecule has 0 bridgehead atoms. The van der Waals surface area contributed by atoms with Crippen LogP contribution in [0.2, 0.25) is 0 Å². The van der Waals surface area contributed by atoms with Gasteiger partial charge in [0.05, 0.1) is 27.1 Å². The average molecular weight is 625 g/mol. The van der Waals surface area contributed by atoms with Crippen LogP contribution in [-0.2, 0) is 13.0 Å². The summed E-state index contributed by atoms with van der Waals surface area (Å²) >= 11 is 3.30. The zero-order valence-corrected chi connectivity index (χ0v) is 24.2. The van der Waals surface area contributed by atoms with Crippen LogP contribution in [0, 0.1) is 5.82 Å². The molecular weight excluding hydrogens is 593 g/mol. The van der Waals surface area contributed by atoms with Crippen molar-refractivity contribution in [1.29, 1.82) is 0 Å². The summed E-state index contributed by atoms with van der Waals surface area (Å²) < 4.78 is 19.7. The van der Waals surface area contributed by atoms with Crippen molar-refractivity contribution < 1.29 is 19.0 Å². The minimum Gasteiger partial charge on any atom is -0.490 e. The number of hydrogen-bond donors (Lipinski definition) is 3. The molecule has 0 unspecified atom stereocenters. The fourth-order valence-electron chi connectivity index (χ4n) is 5.75. The lowest BCUT2D eigenvalue weighted by atomic mass is 10.00. The van der Waals surface area contributed by atoms with E-state index in [2.05, 4.69) is 44.2 Å². The van der Waals surface area contributed by atoms with E-state index >= 15 is 0 Å². The van der Waals surface area contributed by atoms with E-state index in [0.29, 0.717) is 51.4 Å². The molecule has 4 heterocycles. The number of piperidine rings is 1. The largest absolute Gasteiger partial charge is 0.490 e. The Balaban J connectivity index is 1.15. The van der Waals surface area contributed by atoms with Gasteiger partial charge in [-0.3, -0.25) is 14.6 Å². The molecule has 6 rings (SSSR count). The van der Waals surface area contributed by atoms with E-state index in [4.69, 9.17) is 9.73 Å². The van der Waals surface area contributed by atoms with Crippen molar-refractivity contribution in [2.75, 3.05) is 38.6 Å². The number of likely N-dealkylation sites (tertiary alicyclic amines) is 1. The number of nitrogens with zero attached hydrogens (tertiary/aromatic N) is 3. The van der Waals surface area contributed by atoms with Crippen molar-refractivity contribution in [1.82, 2.24) is 14.8 Å². The Kier molecular flexibility index (Phi) is 7.67. The van der Waals surface area contributed by atoms with Crippen LogP contribution in [0.1, 0.15) is 39.9 Å². The highest BCUT2D eigenvalue weighted by molar-refractivity contribution is 9.10. The minimum absolute atomic E-state index is 0.0578. The zero-order chi connectivity index (χ0) is 28.7. The number of hydrogen-bond acceptors (Lipinski definition) is 7. The molecule has 0 spiro atoms. The van der Waals surface area contributed by atoms with Crippen molar-refractivity contribution in [3.05, 3.63) is 85.5 Å². The molecule has 11 heteroatoms. The molecule has 1 aromatic heterocycles. The highest BCUT2D eigenvalue weighted by Crippen LogP contribution is 2.37. The van der Waals surface area contributed by atoms with Gasteiger partial charge in [-0.05, 0) is 84.3 Å². The Morgan fingerprint density at radius 3 is 2.80 bits per heavy atom. The van der Waals surface area contributed by atoms with Crippen LogP contribution in [0.25, 0.3) is 0 Å². The van der Waals surface area contributed by atoms with Crippen molar-refractivity contribution >= 4 is 38.9 Å². The zero-order valence-electron chi connectivity index (χ0n) is 22.6. The first-order chi connectivity index (χ1) is 19.8. The number of amides is 1. The van der Waals surface area contributed by atoms with E-state index in [1.54, 1.807) is 6.07 Å². The number of aromatic amines is 1. The van der Waals surface area contributed by atoms with E-state index < -0.39 is 11.9 Å². The van der Waals surface area contributed by atoms with Crippen LogP contribution in [0.3, 0.4) is 0 Å². The Morgan fingerprint density at radius 2 is 2.00 bits per heavy atom. The molecule has 3 N–H and O–H groups in total. The summed E-state index contributed by atoms with van der Waals surface area (Å²) in [5, 5.41) is 13.6. The number of aliphatic imine (C=N–C) groups is 1. The number of carbonyl (C=O) groups excluding carboxylic acids is 1. The summed E-state index contributed by atoms with van der Waals surface area (Å²) in [6, 6.07) is 9.99. The average Bonchev–Trinajstić information content (AvgIpc) is 3.51. The molecule has 3 aromatic rings. The molecule has 1 fully saturated rings. The van der Waals surface area contributed by atoms with Gasteiger partial charge < -0.3 is 29.9 Å². The molecule has 1 amide bonds. The second-order valence-corrected chi connectivity index (χ2v) is 11.7. The number of aliphatic hydroxyl groups excluding tert-OH is 1. The standard InChI is InChI=1S/C30H31BrFN5O4/c1-36-8-5-20(6-9-36)37-15-18-10-17-11-26(35-25(17)13-22(18)30(37)40)28-24(4-7-33-29(28)39)34-14-21(38)16-41-27-12-19(32)2-3-23(27)31/h2-4,7,10,12-13,20-21,38H,5-6,8-9,11,14-16H2,1H3,(H2,33,34,39)/t21-/m1/s1. The van der Waals surface area contributed by atoms with E-state index in [1.165, 1.54) is 24.4 Å². The highest BCUT2D eigenvalue weighted by Gasteiger charge is 2.35. The Morgan fingerprint density at radius 1 is 1.20 bits per heavy atom. The lowest BCUT2D eigenvalue weighted by Gasteiger charge is -2.34. The fraction of sp³-hybridized carbons (Fsp3) is 0.367. The van der Waals surface area contributed by atoms with Gasteiger partial charge in [0, 0.05) is 43.4 Å². The van der Waals surface area contributed by atoms with E-state index in [9.17, 15) is 19.1 Å². The predicted octanol–water partition coefficient (Wildman–Crippen LogP) is 3.86. The molecule has 0 saturated carbocycles. The smallest absolute Gasteiger partial charge is 0.259 e. The highest BCUT2D eigenvalue weighted by atomic mass is 79.9. The normalized spacial score (nSPS) is 17.8. The first-order valence-corrected chi connectivity index (χ1v) is 14.5. The Bertz CT molecular complexity index is 1580. The van der Waals surface area contributed by atoms with E-state index in [0.717, 1.165) is 37.1 Å². The van der Waals surface area contributed by atoms with Crippen LogP contribution in [0.4, 0.5) is 15.8 Å². The molecule has 1 saturated heterocycles. The number of carbonyl (C=O) groups is 1. The van der Waals surface area contributed by atoms with Gasteiger partial charge in [-0.15, -0.1) is 0 Å². The number of benzene rings is 2. The topological polar surface area (TPSA) is 110 Å². The van der Waals surface area contributed by atoms with Gasteiger partial charge >= 0.3 is 0 Å². The number of rotatable bonds is 8. The third kappa shape index (κ3) is 5.66. The lowest BCUT2D eigenvalue weighted by molar-refractivity contribution is 0.0617. The second kappa shape index (κ2) is 11.4. The monoisotopic (exact) mass is 623 g/mol. The summed E-state index contributed by atoms with van der Waals surface area (Å²) in [5.74, 6) is -0.0901. The molecule has 214 valence electrons. The first kappa shape index (κ1) is 27.6. The minimum atomic E-state index is -0.929. The van der Waals surface area contributed by atoms with Crippen molar-refractivity contribution in [3.63, 3.8) is 0 Å². The number of H-pyrrole nitrogens is 1. The van der Waals surface area contributed by atoms with E-state index in [1.807, 2.05) is 11.0 Å². The SMILES string of the molecule is CN1CCC(N2Cc3cc4c(cc3C2=O)N=C(c2c(NC[C@@H](O)COc3cc(F)ccc3Br)cc[nH]c2=O)C4)CC1. The van der Waals surface area contributed by atoms with Crippen LogP contribution in [0.15, 0.2) is 56.9 Å². The van der Waals surface area contributed by atoms with Gasteiger partial charge in [0.1, 0.15) is 24.3 Å². The summed E-state index contributed by atoms with van der Waals surface area (Å²) in [7, 11) is 2.11. The van der Waals surface area contributed by atoms with Crippen LogP contribution >= 0.6 is 15.9 Å². The Hall–Kier alpha value is -3.54. The number of ether oxygens (including phenoxy) is 1. The second-order valence-electron chi connectivity index (χ2n) is 10.9. The number of aliphatic hydroxyl groups is 1. The van der Waals surface area contributed by atoms with Gasteiger partial charge in [-0.1, -0.05) is 6.07 Å². The maximum absolute atomic E-state index is 13.5. The van der Waals surface area contributed by atoms with Gasteiger partial charge in [0.25, 0.3) is 11.5 Å². The fourth-order valence-corrected chi connectivity index (χ4v) is 6.11. The van der Waals surface area contributed by atoms with Gasteiger partial charge in [0.2, 0.25) is 0 Å². The number of pyridine rings is 1. The van der Waals surface area contributed by atoms with Crippen molar-refractivity contribution in [3.8, 4) is 5.75 Å². The van der Waals surface area contributed by atoms with Crippen molar-refractivity contribution in [2.45, 2.75) is 38.0 Å². The number of halogens is 2. The van der Waals surface area contributed by atoms with Crippen LogP contribution in [-0.4, -0.2) is 76.9 Å². The predicted molar refractivity (Wildman–Crippen MR) is 158 cm³/mol. The molecule has 0 aliphatic carbocycles. The van der Waals surface area contributed by atoms with E-state index in [-0.39, 0.29) is 30.7 Å². The summed E-state index contributed by atoms with van der Waals surface area (Å²) in [6.07, 6.45) is 3.03. The molecule has 9 nitrogen and oxygen atoms in total. The maximum atomic E-state index is 13.5. The summed E-state index contributed by atoms with van der Waals surface area (Å²) in [6.45, 7) is 2.61.